The number of imidazole rings is 1. The van der Waals surface area contributed by atoms with Crippen LogP contribution in [0.4, 0.5) is 13.2 Å². The third kappa shape index (κ3) is 3.42. The number of carbonyl (C=O) groups is 1. The Morgan fingerprint density at radius 2 is 2.10 bits per heavy atom. The number of aromatic amines is 1. The van der Waals surface area contributed by atoms with Gasteiger partial charge in [-0.05, 0) is 18.6 Å². The van der Waals surface area contributed by atoms with E-state index >= 15 is 0 Å². The number of nitrogens with zero attached hydrogens (tertiary/aromatic N) is 1. The SMILES string of the molecule is CCC(NC(=O)c1ccccc1C(F)(F)F)c1ncc[nH]1. The highest BCUT2D eigenvalue weighted by Gasteiger charge is 2.35. The first-order valence-electron chi connectivity index (χ1n) is 6.39. The maximum atomic E-state index is 12.9. The zero-order chi connectivity index (χ0) is 15.5. The summed E-state index contributed by atoms with van der Waals surface area (Å²) in [6.07, 6.45) is -0.949. The Labute approximate surface area is 119 Å². The van der Waals surface area contributed by atoms with Gasteiger partial charge in [-0.3, -0.25) is 4.79 Å². The molecule has 112 valence electrons. The van der Waals surface area contributed by atoms with Gasteiger partial charge < -0.3 is 10.3 Å². The number of amides is 1. The molecule has 0 aliphatic heterocycles. The van der Waals surface area contributed by atoms with Gasteiger partial charge in [0.25, 0.3) is 5.91 Å². The molecule has 0 saturated carbocycles. The van der Waals surface area contributed by atoms with E-state index in [0.717, 1.165) is 12.1 Å². The molecule has 21 heavy (non-hydrogen) atoms. The molecule has 0 fully saturated rings. The zero-order valence-corrected chi connectivity index (χ0v) is 11.2. The van der Waals surface area contributed by atoms with Crippen molar-refractivity contribution in [2.45, 2.75) is 25.6 Å². The predicted octanol–water partition coefficient (Wildman–Crippen LogP) is 3.31. The Kier molecular flexibility index (Phi) is 4.30. The van der Waals surface area contributed by atoms with Gasteiger partial charge in [-0.25, -0.2) is 4.98 Å². The van der Waals surface area contributed by atoms with Crippen LogP contribution in [0.5, 0.6) is 0 Å². The molecule has 1 heterocycles. The van der Waals surface area contributed by atoms with E-state index in [-0.39, 0.29) is 0 Å². The summed E-state index contributed by atoms with van der Waals surface area (Å²) >= 11 is 0. The van der Waals surface area contributed by atoms with Crippen molar-refractivity contribution in [3.8, 4) is 0 Å². The molecule has 0 aliphatic carbocycles. The van der Waals surface area contributed by atoms with Crippen molar-refractivity contribution in [2.75, 3.05) is 0 Å². The standard InChI is InChI=1S/C14H14F3N3O/c1-2-11(12-18-7-8-19-12)20-13(21)9-5-3-4-6-10(9)14(15,16)17/h3-8,11H,2H2,1H3,(H,18,19)(H,20,21). The molecule has 2 rings (SSSR count). The molecule has 0 saturated heterocycles. The van der Waals surface area contributed by atoms with E-state index in [2.05, 4.69) is 15.3 Å². The lowest BCUT2D eigenvalue weighted by Crippen LogP contribution is -2.30. The van der Waals surface area contributed by atoms with Gasteiger partial charge in [0.2, 0.25) is 0 Å². The molecule has 1 aromatic carbocycles. The van der Waals surface area contributed by atoms with Crippen molar-refractivity contribution >= 4 is 5.91 Å². The summed E-state index contributed by atoms with van der Waals surface area (Å²) in [5, 5.41) is 2.57. The van der Waals surface area contributed by atoms with Crippen molar-refractivity contribution in [1.82, 2.24) is 15.3 Å². The second kappa shape index (κ2) is 5.99. The van der Waals surface area contributed by atoms with Crippen molar-refractivity contribution in [2.24, 2.45) is 0 Å². The molecule has 1 unspecified atom stereocenters. The summed E-state index contributed by atoms with van der Waals surface area (Å²) in [6, 6.07) is 4.24. The Hall–Kier alpha value is -2.31. The van der Waals surface area contributed by atoms with Crippen LogP contribution in [0, 0.1) is 0 Å². The van der Waals surface area contributed by atoms with E-state index in [9.17, 15) is 18.0 Å². The summed E-state index contributed by atoms with van der Waals surface area (Å²) < 4.78 is 38.7. The summed E-state index contributed by atoms with van der Waals surface area (Å²) in [5.74, 6) is -0.262. The second-order valence-electron chi connectivity index (χ2n) is 4.45. The fourth-order valence-corrected chi connectivity index (χ4v) is 2.00. The summed E-state index contributed by atoms with van der Waals surface area (Å²) in [6.45, 7) is 1.81. The molecule has 7 heteroatoms. The van der Waals surface area contributed by atoms with Gasteiger partial charge in [0.15, 0.2) is 0 Å². The molecule has 1 amide bonds. The van der Waals surface area contributed by atoms with Crippen LogP contribution in [-0.4, -0.2) is 15.9 Å². The van der Waals surface area contributed by atoms with Gasteiger partial charge in [-0.1, -0.05) is 19.1 Å². The van der Waals surface area contributed by atoms with Crippen LogP contribution < -0.4 is 5.32 Å². The number of hydrogen-bond acceptors (Lipinski definition) is 2. The Bertz CT molecular complexity index is 608. The maximum Gasteiger partial charge on any atom is 0.417 e. The molecule has 0 bridgehead atoms. The smallest absolute Gasteiger partial charge is 0.347 e. The molecule has 0 spiro atoms. The number of H-pyrrole nitrogens is 1. The number of carbonyl (C=O) groups excluding carboxylic acids is 1. The minimum atomic E-state index is -4.57. The Morgan fingerprint density at radius 1 is 1.38 bits per heavy atom. The van der Waals surface area contributed by atoms with Crippen LogP contribution in [-0.2, 0) is 6.18 Å². The Balaban J connectivity index is 2.25. The van der Waals surface area contributed by atoms with Crippen LogP contribution in [0.25, 0.3) is 0 Å². The lowest BCUT2D eigenvalue weighted by molar-refractivity contribution is -0.137. The molecule has 1 atom stereocenters. The highest BCUT2D eigenvalue weighted by Crippen LogP contribution is 2.32. The van der Waals surface area contributed by atoms with E-state index < -0.39 is 29.3 Å². The van der Waals surface area contributed by atoms with E-state index in [1.807, 2.05) is 6.92 Å². The monoisotopic (exact) mass is 297 g/mol. The average molecular weight is 297 g/mol. The van der Waals surface area contributed by atoms with Gasteiger partial charge in [0, 0.05) is 12.4 Å². The largest absolute Gasteiger partial charge is 0.417 e. The number of aromatic nitrogens is 2. The van der Waals surface area contributed by atoms with Crippen molar-refractivity contribution in [1.29, 1.82) is 0 Å². The van der Waals surface area contributed by atoms with E-state index in [4.69, 9.17) is 0 Å². The average Bonchev–Trinajstić information content (AvgIpc) is 2.97. The van der Waals surface area contributed by atoms with E-state index in [1.54, 1.807) is 6.20 Å². The maximum absolute atomic E-state index is 12.9. The lowest BCUT2D eigenvalue weighted by Gasteiger charge is -2.17. The molecule has 2 aromatic rings. The van der Waals surface area contributed by atoms with Crippen LogP contribution in [0.2, 0.25) is 0 Å². The van der Waals surface area contributed by atoms with E-state index in [1.165, 1.54) is 18.3 Å². The summed E-state index contributed by atoms with van der Waals surface area (Å²) in [4.78, 5) is 19.0. The molecule has 2 N–H and O–H groups in total. The molecule has 4 nitrogen and oxygen atoms in total. The predicted molar refractivity (Wildman–Crippen MR) is 70.5 cm³/mol. The highest BCUT2D eigenvalue weighted by molar-refractivity contribution is 5.96. The van der Waals surface area contributed by atoms with Crippen LogP contribution in [0.1, 0.15) is 41.1 Å². The summed E-state index contributed by atoms with van der Waals surface area (Å²) in [7, 11) is 0. The van der Waals surface area contributed by atoms with Crippen molar-refractivity contribution in [3.63, 3.8) is 0 Å². The van der Waals surface area contributed by atoms with E-state index in [0.29, 0.717) is 12.2 Å². The van der Waals surface area contributed by atoms with Gasteiger partial charge in [0.1, 0.15) is 5.82 Å². The molecule has 1 aromatic heterocycles. The van der Waals surface area contributed by atoms with Gasteiger partial charge in [0.05, 0.1) is 17.2 Å². The van der Waals surface area contributed by atoms with Crippen LogP contribution >= 0.6 is 0 Å². The number of alkyl halides is 3. The van der Waals surface area contributed by atoms with Gasteiger partial charge >= 0.3 is 6.18 Å². The molecular weight excluding hydrogens is 283 g/mol. The highest BCUT2D eigenvalue weighted by atomic mass is 19.4. The lowest BCUT2D eigenvalue weighted by atomic mass is 10.1. The Morgan fingerprint density at radius 3 is 2.67 bits per heavy atom. The van der Waals surface area contributed by atoms with Crippen molar-refractivity contribution < 1.29 is 18.0 Å². The second-order valence-corrected chi connectivity index (χ2v) is 4.45. The number of rotatable bonds is 4. The molecule has 0 radical (unpaired) electrons. The number of nitrogens with one attached hydrogen (secondary N) is 2. The van der Waals surface area contributed by atoms with Gasteiger partial charge in [-0.15, -0.1) is 0 Å². The fraction of sp³-hybridized carbons (Fsp3) is 0.286. The van der Waals surface area contributed by atoms with Crippen molar-refractivity contribution in [3.05, 3.63) is 53.6 Å². The van der Waals surface area contributed by atoms with Crippen LogP contribution in [0.3, 0.4) is 0 Å². The topological polar surface area (TPSA) is 57.8 Å². The quantitative estimate of drug-likeness (QED) is 0.909. The normalized spacial score (nSPS) is 13.0. The third-order valence-electron chi connectivity index (χ3n) is 3.04. The van der Waals surface area contributed by atoms with Crippen LogP contribution in [0.15, 0.2) is 36.7 Å². The first kappa shape index (κ1) is 15.1. The first-order valence-corrected chi connectivity index (χ1v) is 6.39. The molecule has 0 aliphatic rings. The number of hydrogen-bond donors (Lipinski definition) is 2. The zero-order valence-electron chi connectivity index (χ0n) is 11.2. The minimum absolute atomic E-state index is 0.394. The number of halogens is 3. The van der Waals surface area contributed by atoms with Gasteiger partial charge in [-0.2, -0.15) is 13.2 Å². The fourth-order valence-electron chi connectivity index (χ4n) is 2.00. The minimum Gasteiger partial charge on any atom is -0.347 e. The molecular formula is C14H14F3N3O. The number of benzene rings is 1. The third-order valence-corrected chi connectivity index (χ3v) is 3.04. The first-order chi connectivity index (χ1) is 9.93. The summed E-state index contributed by atoms with van der Waals surface area (Å²) in [5.41, 5.74) is -1.34.